The maximum atomic E-state index is 11.3. The number of aromatic nitrogens is 1. The second kappa shape index (κ2) is 5.49. The van der Waals surface area contributed by atoms with Crippen LogP contribution in [0.1, 0.15) is 12.8 Å². The van der Waals surface area contributed by atoms with E-state index in [0.29, 0.717) is 18.9 Å². The first kappa shape index (κ1) is 11.7. The first-order chi connectivity index (χ1) is 8.29. The van der Waals surface area contributed by atoms with Crippen molar-refractivity contribution in [2.75, 3.05) is 23.8 Å². The number of nitrogens with zero attached hydrogens (tertiary/aromatic N) is 1. The topological polar surface area (TPSA) is 92.1 Å². The summed E-state index contributed by atoms with van der Waals surface area (Å²) in [5.41, 5.74) is 3.40. The van der Waals surface area contributed by atoms with E-state index in [2.05, 4.69) is 21.0 Å². The molecule has 0 atom stereocenters. The fraction of sp³-hybridized carbons (Fsp3) is 0.455. The molecule has 0 aliphatic heterocycles. The number of hydrogen-bond donors (Lipinski definition) is 4. The second-order valence-electron chi connectivity index (χ2n) is 4.07. The largest absolute Gasteiger partial charge is 0.383 e. The van der Waals surface area contributed by atoms with Crippen LogP contribution in [0.4, 0.5) is 11.5 Å². The Bertz CT molecular complexity index is 391. The number of amides is 1. The molecule has 1 aliphatic rings. The molecule has 1 aliphatic carbocycles. The Hall–Kier alpha value is -1.82. The van der Waals surface area contributed by atoms with Gasteiger partial charge in [-0.1, -0.05) is 0 Å². The number of hydrazine groups is 1. The fourth-order valence-corrected chi connectivity index (χ4v) is 1.50. The van der Waals surface area contributed by atoms with E-state index in [9.17, 15) is 4.79 Å². The van der Waals surface area contributed by atoms with Crippen LogP contribution in [0.5, 0.6) is 0 Å². The van der Waals surface area contributed by atoms with Gasteiger partial charge in [-0.2, -0.15) is 0 Å². The molecule has 0 saturated heterocycles. The summed E-state index contributed by atoms with van der Waals surface area (Å²) in [6, 6.07) is 3.66. The first-order valence-electron chi connectivity index (χ1n) is 5.74. The van der Waals surface area contributed by atoms with Crippen LogP contribution < -0.4 is 21.9 Å². The van der Waals surface area contributed by atoms with E-state index in [4.69, 9.17) is 5.84 Å². The Morgan fingerprint density at radius 1 is 1.47 bits per heavy atom. The van der Waals surface area contributed by atoms with Crippen molar-refractivity contribution in [3.8, 4) is 0 Å². The maximum Gasteiger partial charge on any atom is 0.223 e. The SMILES string of the molecule is NNc1cc(NCCNC(=O)C2CC2)ccn1. The number of carbonyl (C=O) groups is 1. The second-order valence-corrected chi connectivity index (χ2v) is 4.07. The van der Waals surface area contributed by atoms with Crippen LogP contribution in [0, 0.1) is 5.92 Å². The molecular formula is C11H17N5O. The van der Waals surface area contributed by atoms with E-state index in [1.54, 1.807) is 6.20 Å². The monoisotopic (exact) mass is 235 g/mol. The standard InChI is InChI=1S/C11H17N5O/c12-16-10-7-9(3-4-14-10)13-5-6-15-11(17)8-1-2-8/h3-4,7-8H,1-2,5-6,12H2,(H,15,17)(H2,13,14,16). The molecule has 0 unspecified atom stereocenters. The van der Waals surface area contributed by atoms with Gasteiger partial charge >= 0.3 is 0 Å². The predicted octanol–water partition coefficient (Wildman–Crippen LogP) is 0.305. The van der Waals surface area contributed by atoms with E-state index in [1.165, 1.54) is 0 Å². The summed E-state index contributed by atoms with van der Waals surface area (Å²) in [4.78, 5) is 15.3. The number of pyridine rings is 1. The molecule has 17 heavy (non-hydrogen) atoms. The Labute approximate surface area is 100.0 Å². The summed E-state index contributed by atoms with van der Waals surface area (Å²) in [7, 11) is 0. The minimum absolute atomic E-state index is 0.172. The average molecular weight is 235 g/mol. The van der Waals surface area contributed by atoms with Crippen molar-refractivity contribution in [2.45, 2.75) is 12.8 Å². The van der Waals surface area contributed by atoms with E-state index in [1.807, 2.05) is 12.1 Å². The number of nitrogens with one attached hydrogen (secondary N) is 3. The molecule has 5 N–H and O–H groups in total. The highest BCUT2D eigenvalue weighted by Gasteiger charge is 2.28. The molecule has 1 amide bonds. The smallest absolute Gasteiger partial charge is 0.223 e. The lowest BCUT2D eigenvalue weighted by Crippen LogP contribution is -2.29. The van der Waals surface area contributed by atoms with Crippen molar-refractivity contribution < 1.29 is 4.79 Å². The average Bonchev–Trinajstić information content (AvgIpc) is 3.19. The normalized spacial score (nSPS) is 14.2. The number of carbonyl (C=O) groups excluding carboxylic acids is 1. The molecule has 92 valence electrons. The molecule has 1 heterocycles. The summed E-state index contributed by atoms with van der Waals surface area (Å²) in [5.74, 6) is 6.30. The van der Waals surface area contributed by atoms with Crippen molar-refractivity contribution in [1.82, 2.24) is 10.3 Å². The predicted molar refractivity (Wildman–Crippen MR) is 66.3 cm³/mol. The molecular weight excluding hydrogens is 218 g/mol. The van der Waals surface area contributed by atoms with Gasteiger partial charge < -0.3 is 16.1 Å². The lowest BCUT2D eigenvalue weighted by molar-refractivity contribution is -0.122. The van der Waals surface area contributed by atoms with Gasteiger partial charge in [0.15, 0.2) is 0 Å². The van der Waals surface area contributed by atoms with E-state index < -0.39 is 0 Å². The summed E-state index contributed by atoms with van der Waals surface area (Å²) >= 11 is 0. The quantitative estimate of drug-likeness (QED) is 0.323. The molecule has 0 spiro atoms. The third-order valence-electron chi connectivity index (χ3n) is 2.61. The molecule has 0 radical (unpaired) electrons. The van der Waals surface area contributed by atoms with Gasteiger partial charge in [0.25, 0.3) is 0 Å². The number of anilines is 2. The maximum absolute atomic E-state index is 11.3. The van der Waals surface area contributed by atoms with Crippen molar-refractivity contribution in [3.05, 3.63) is 18.3 Å². The van der Waals surface area contributed by atoms with Crippen LogP contribution in [0.15, 0.2) is 18.3 Å². The molecule has 1 saturated carbocycles. The zero-order chi connectivity index (χ0) is 12.1. The summed E-state index contributed by atoms with van der Waals surface area (Å²) in [6.45, 7) is 1.32. The van der Waals surface area contributed by atoms with Gasteiger partial charge in [-0.05, 0) is 18.9 Å². The molecule has 6 nitrogen and oxygen atoms in total. The highest BCUT2D eigenvalue weighted by Crippen LogP contribution is 2.28. The van der Waals surface area contributed by atoms with Gasteiger partial charge in [-0.15, -0.1) is 0 Å². The van der Waals surface area contributed by atoms with Gasteiger partial charge in [-0.3, -0.25) is 4.79 Å². The summed E-state index contributed by atoms with van der Waals surface area (Å²) in [5, 5.41) is 6.07. The number of nitrogens with two attached hydrogens (primary N) is 1. The Morgan fingerprint density at radius 3 is 3.00 bits per heavy atom. The number of rotatable bonds is 6. The van der Waals surface area contributed by atoms with Crippen molar-refractivity contribution in [1.29, 1.82) is 0 Å². The van der Waals surface area contributed by atoms with Gasteiger partial charge in [0.1, 0.15) is 5.82 Å². The molecule has 2 rings (SSSR count). The zero-order valence-corrected chi connectivity index (χ0v) is 9.57. The third kappa shape index (κ3) is 3.60. The first-order valence-corrected chi connectivity index (χ1v) is 5.74. The van der Waals surface area contributed by atoms with Crippen molar-refractivity contribution in [3.63, 3.8) is 0 Å². The Kier molecular flexibility index (Phi) is 3.77. The Balaban J connectivity index is 1.68. The van der Waals surface area contributed by atoms with Crippen LogP contribution in [0.25, 0.3) is 0 Å². The number of nitrogen functional groups attached to an aromatic ring is 1. The minimum atomic E-state index is 0.172. The van der Waals surface area contributed by atoms with Crippen LogP contribution in [0.2, 0.25) is 0 Å². The third-order valence-corrected chi connectivity index (χ3v) is 2.61. The molecule has 0 bridgehead atoms. The van der Waals surface area contributed by atoms with E-state index in [0.717, 1.165) is 18.5 Å². The lowest BCUT2D eigenvalue weighted by Gasteiger charge is -2.08. The highest BCUT2D eigenvalue weighted by molar-refractivity contribution is 5.80. The van der Waals surface area contributed by atoms with Crippen LogP contribution in [-0.4, -0.2) is 24.0 Å². The van der Waals surface area contributed by atoms with E-state index >= 15 is 0 Å². The molecule has 1 aromatic rings. The summed E-state index contributed by atoms with van der Waals surface area (Å²) < 4.78 is 0. The van der Waals surface area contributed by atoms with Crippen molar-refractivity contribution in [2.24, 2.45) is 11.8 Å². The number of hydrogen-bond acceptors (Lipinski definition) is 5. The minimum Gasteiger partial charge on any atom is -0.383 e. The lowest BCUT2D eigenvalue weighted by atomic mass is 10.3. The van der Waals surface area contributed by atoms with Gasteiger partial charge in [0, 0.05) is 37.0 Å². The molecule has 1 fully saturated rings. The molecule has 6 heteroatoms. The van der Waals surface area contributed by atoms with Crippen LogP contribution >= 0.6 is 0 Å². The highest BCUT2D eigenvalue weighted by atomic mass is 16.2. The Morgan fingerprint density at radius 2 is 2.29 bits per heavy atom. The van der Waals surface area contributed by atoms with Crippen LogP contribution in [0.3, 0.4) is 0 Å². The van der Waals surface area contributed by atoms with Gasteiger partial charge in [-0.25, -0.2) is 10.8 Å². The fourth-order valence-electron chi connectivity index (χ4n) is 1.50. The van der Waals surface area contributed by atoms with Crippen LogP contribution in [-0.2, 0) is 4.79 Å². The van der Waals surface area contributed by atoms with Gasteiger partial charge in [0.2, 0.25) is 5.91 Å². The molecule has 0 aromatic carbocycles. The summed E-state index contributed by atoms with van der Waals surface area (Å²) in [6.07, 6.45) is 3.74. The van der Waals surface area contributed by atoms with E-state index in [-0.39, 0.29) is 11.8 Å². The van der Waals surface area contributed by atoms with Gasteiger partial charge in [0.05, 0.1) is 0 Å². The molecule has 1 aromatic heterocycles. The zero-order valence-electron chi connectivity index (χ0n) is 9.57. The van der Waals surface area contributed by atoms with Crippen molar-refractivity contribution >= 4 is 17.4 Å².